The third-order valence-electron chi connectivity index (χ3n) is 3.62. The predicted octanol–water partition coefficient (Wildman–Crippen LogP) is 3.45. The molecule has 0 saturated carbocycles. The lowest BCUT2D eigenvalue weighted by Crippen LogP contribution is -2.22. The highest BCUT2D eigenvalue weighted by molar-refractivity contribution is 9.10. The molecule has 0 unspecified atom stereocenters. The minimum absolute atomic E-state index is 0.125. The molecule has 0 radical (unpaired) electrons. The van der Waals surface area contributed by atoms with E-state index in [2.05, 4.69) is 31.4 Å². The molecule has 1 heterocycles. The molecule has 8 heteroatoms. The van der Waals surface area contributed by atoms with Crippen LogP contribution in [0.2, 0.25) is 0 Å². The summed E-state index contributed by atoms with van der Waals surface area (Å²) in [5.74, 6) is 1.67. The van der Waals surface area contributed by atoms with Crippen molar-refractivity contribution in [3.63, 3.8) is 0 Å². The molecule has 26 heavy (non-hydrogen) atoms. The Morgan fingerprint density at radius 3 is 2.62 bits per heavy atom. The van der Waals surface area contributed by atoms with Gasteiger partial charge in [0, 0.05) is 16.1 Å². The predicted molar refractivity (Wildman–Crippen MR) is 98.2 cm³/mol. The Balaban J connectivity index is 1.70. The second kappa shape index (κ2) is 8.01. The van der Waals surface area contributed by atoms with Crippen molar-refractivity contribution in [1.82, 2.24) is 15.5 Å². The van der Waals surface area contributed by atoms with Crippen molar-refractivity contribution in [2.75, 3.05) is 14.2 Å². The Hall–Kier alpha value is -2.87. The fourth-order valence-corrected chi connectivity index (χ4v) is 2.54. The van der Waals surface area contributed by atoms with E-state index in [-0.39, 0.29) is 12.5 Å². The molecule has 0 spiro atoms. The third kappa shape index (κ3) is 4.02. The van der Waals surface area contributed by atoms with Gasteiger partial charge in [0.2, 0.25) is 11.7 Å². The molecule has 0 fully saturated rings. The first-order valence-electron chi connectivity index (χ1n) is 7.69. The van der Waals surface area contributed by atoms with Crippen LogP contribution in [0.25, 0.3) is 11.4 Å². The highest BCUT2D eigenvalue weighted by Gasteiger charge is 2.15. The molecule has 3 rings (SSSR count). The lowest BCUT2D eigenvalue weighted by atomic mass is 10.2. The highest BCUT2D eigenvalue weighted by Crippen LogP contribution is 2.31. The number of nitrogens with one attached hydrogen (secondary N) is 1. The van der Waals surface area contributed by atoms with Gasteiger partial charge in [0.1, 0.15) is 11.5 Å². The number of carbonyl (C=O) groups excluding carboxylic acids is 1. The number of methoxy groups -OCH3 is 2. The zero-order chi connectivity index (χ0) is 18.5. The minimum atomic E-state index is -0.223. The number of rotatable bonds is 6. The molecule has 0 bridgehead atoms. The standard InChI is InChI=1S/C18H16BrN3O4/c1-24-13-7-8-14(15(9-13)25-2)17-21-16(26-22-17)10-20-18(23)11-3-5-12(19)6-4-11/h3-9H,10H2,1-2H3,(H,20,23). The van der Waals surface area contributed by atoms with E-state index in [1.165, 1.54) is 0 Å². The van der Waals surface area contributed by atoms with Crippen molar-refractivity contribution in [2.24, 2.45) is 0 Å². The lowest BCUT2D eigenvalue weighted by molar-refractivity contribution is 0.0946. The van der Waals surface area contributed by atoms with E-state index >= 15 is 0 Å². The van der Waals surface area contributed by atoms with Gasteiger partial charge in [0.25, 0.3) is 5.91 Å². The van der Waals surface area contributed by atoms with Crippen LogP contribution in [0.5, 0.6) is 11.5 Å². The molecule has 0 saturated heterocycles. The zero-order valence-electron chi connectivity index (χ0n) is 14.2. The quantitative estimate of drug-likeness (QED) is 0.660. The fourth-order valence-electron chi connectivity index (χ4n) is 2.28. The molecular formula is C18H16BrN3O4. The average Bonchev–Trinajstić information content (AvgIpc) is 3.15. The molecule has 1 amide bonds. The monoisotopic (exact) mass is 417 g/mol. The topological polar surface area (TPSA) is 86.5 Å². The summed E-state index contributed by atoms with van der Waals surface area (Å²) in [5, 5.41) is 6.69. The van der Waals surface area contributed by atoms with Gasteiger partial charge in [0.15, 0.2) is 0 Å². The first-order chi connectivity index (χ1) is 12.6. The molecule has 3 aromatic rings. The van der Waals surface area contributed by atoms with Gasteiger partial charge < -0.3 is 19.3 Å². The van der Waals surface area contributed by atoms with Crippen LogP contribution in [0.1, 0.15) is 16.2 Å². The van der Waals surface area contributed by atoms with Gasteiger partial charge in [-0.3, -0.25) is 4.79 Å². The normalized spacial score (nSPS) is 10.4. The molecule has 1 aromatic heterocycles. The van der Waals surface area contributed by atoms with Crippen LogP contribution in [-0.4, -0.2) is 30.3 Å². The second-order valence-corrected chi connectivity index (χ2v) is 6.18. The van der Waals surface area contributed by atoms with Crippen molar-refractivity contribution < 1.29 is 18.8 Å². The first-order valence-corrected chi connectivity index (χ1v) is 8.48. The Morgan fingerprint density at radius 1 is 1.15 bits per heavy atom. The van der Waals surface area contributed by atoms with E-state index in [0.29, 0.717) is 34.3 Å². The van der Waals surface area contributed by atoms with Gasteiger partial charge >= 0.3 is 0 Å². The lowest BCUT2D eigenvalue weighted by Gasteiger charge is -2.07. The van der Waals surface area contributed by atoms with Crippen molar-refractivity contribution >= 4 is 21.8 Å². The third-order valence-corrected chi connectivity index (χ3v) is 4.15. The van der Waals surface area contributed by atoms with Crippen molar-refractivity contribution in [1.29, 1.82) is 0 Å². The Labute approximate surface area is 158 Å². The largest absolute Gasteiger partial charge is 0.497 e. The molecule has 7 nitrogen and oxygen atoms in total. The minimum Gasteiger partial charge on any atom is -0.497 e. The van der Waals surface area contributed by atoms with Crippen LogP contribution in [0.3, 0.4) is 0 Å². The molecular weight excluding hydrogens is 402 g/mol. The van der Waals surface area contributed by atoms with Crippen molar-refractivity contribution in [2.45, 2.75) is 6.54 Å². The number of amides is 1. The molecule has 134 valence electrons. The summed E-state index contributed by atoms with van der Waals surface area (Å²) in [6.07, 6.45) is 0. The van der Waals surface area contributed by atoms with Gasteiger partial charge in [-0.2, -0.15) is 4.98 Å². The van der Waals surface area contributed by atoms with E-state index in [0.717, 1.165) is 4.47 Å². The number of benzene rings is 2. The van der Waals surface area contributed by atoms with Gasteiger partial charge in [-0.05, 0) is 36.4 Å². The summed E-state index contributed by atoms with van der Waals surface area (Å²) in [4.78, 5) is 16.4. The van der Waals surface area contributed by atoms with Crippen LogP contribution in [0.4, 0.5) is 0 Å². The number of carbonyl (C=O) groups is 1. The van der Waals surface area contributed by atoms with E-state index in [9.17, 15) is 4.79 Å². The molecule has 0 atom stereocenters. The summed E-state index contributed by atoms with van der Waals surface area (Å²) < 4.78 is 16.6. The maximum atomic E-state index is 12.1. The van der Waals surface area contributed by atoms with Gasteiger partial charge in [0.05, 0.1) is 26.3 Å². The Morgan fingerprint density at radius 2 is 1.92 bits per heavy atom. The smallest absolute Gasteiger partial charge is 0.251 e. The van der Waals surface area contributed by atoms with Crippen LogP contribution in [-0.2, 0) is 6.54 Å². The van der Waals surface area contributed by atoms with Gasteiger partial charge in [-0.15, -0.1) is 0 Å². The summed E-state index contributed by atoms with van der Waals surface area (Å²) in [6.45, 7) is 0.125. The van der Waals surface area contributed by atoms with Crippen LogP contribution in [0, 0.1) is 0 Å². The van der Waals surface area contributed by atoms with E-state index in [1.54, 1.807) is 56.7 Å². The van der Waals surface area contributed by atoms with Gasteiger partial charge in [-0.1, -0.05) is 21.1 Å². The molecule has 0 aliphatic heterocycles. The number of ether oxygens (including phenoxy) is 2. The summed E-state index contributed by atoms with van der Waals surface area (Å²) in [5.41, 5.74) is 1.22. The van der Waals surface area contributed by atoms with Gasteiger partial charge in [-0.25, -0.2) is 0 Å². The molecule has 2 aromatic carbocycles. The Bertz CT molecular complexity index is 909. The first kappa shape index (κ1) is 17.9. The number of hydrogen-bond donors (Lipinski definition) is 1. The number of nitrogens with zero attached hydrogens (tertiary/aromatic N) is 2. The maximum absolute atomic E-state index is 12.1. The van der Waals surface area contributed by atoms with Crippen LogP contribution >= 0.6 is 15.9 Å². The van der Waals surface area contributed by atoms with E-state index < -0.39 is 0 Å². The fraction of sp³-hybridized carbons (Fsp3) is 0.167. The van der Waals surface area contributed by atoms with Crippen LogP contribution < -0.4 is 14.8 Å². The molecule has 0 aliphatic rings. The second-order valence-electron chi connectivity index (χ2n) is 5.27. The zero-order valence-corrected chi connectivity index (χ0v) is 15.7. The van der Waals surface area contributed by atoms with Crippen LogP contribution in [0.15, 0.2) is 51.5 Å². The highest BCUT2D eigenvalue weighted by atomic mass is 79.9. The van der Waals surface area contributed by atoms with Crippen molar-refractivity contribution in [3.05, 3.63) is 58.4 Å². The average molecular weight is 418 g/mol. The number of aromatic nitrogens is 2. The maximum Gasteiger partial charge on any atom is 0.251 e. The van der Waals surface area contributed by atoms with Crippen molar-refractivity contribution in [3.8, 4) is 22.9 Å². The summed E-state index contributed by atoms with van der Waals surface area (Å²) in [7, 11) is 3.13. The van der Waals surface area contributed by atoms with E-state index in [4.69, 9.17) is 14.0 Å². The summed E-state index contributed by atoms with van der Waals surface area (Å²) in [6, 6.07) is 12.4. The number of hydrogen-bond acceptors (Lipinski definition) is 6. The molecule has 0 aliphatic carbocycles. The summed E-state index contributed by atoms with van der Waals surface area (Å²) >= 11 is 3.33. The number of halogens is 1. The van der Waals surface area contributed by atoms with E-state index in [1.807, 2.05) is 0 Å². The molecule has 1 N–H and O–H groups in total. The SMILES string of the molecule is COc1ccc(-c2noc(CNC(=O)c3ccc(Br)cc3)n2)c(OC)c1. The Kier molecular flexibility index (Phi) is 5.52.